The number of nitrogens with zero attached hydrogens (tertiary/aromatic N) is 4. The molecule has 0 radical (unpaired) electrons. The van der Waals surface area contributed by atoms with Crippen LogP contribution >= 0.6 is 0 Å². The van der Waals surface area contributed by atoms with Gasteiger partial charge < -0.3 is 10.2 Å². The summed E-state index contributed by atoms with van der Waals surface area (Å²) in [4.78, 5) is 16.1. The molecule has 3 heterocycles. The molecule has 0 bridgehead atoms. The van der Waals surface area contributed by atoms with Crippen LogP contribution in [0.1, 0.15) is 12.0 Å². The van der Waals surface area contributed by atoms with Crippen LogP contribution < -0.4 is 5.32 Å². The molecule has 0 fully saturated rings. The minimum atomic E-state index is 0.843. The highest BCUT2D eigenvalue weighted by molar-refractivity contribution is 5.74. The van der Waals surface area contributed by atoms with Gasteiger partial charge in [-0.3, -0.25) is 9.97 Å². The molecule has 5 nitrogen and oxygen atoms in total. The molecule has 0 amide bonds. The predicted octanol–water partition coefficient (Wildman–Crippen LogP) is 4.91. The summed E-state index contributed by atoms with van der Waals surface area (Å²) in [5.74, 6) is 0. The van der Waals surface area contributed by atoms with Crippen LogP contribution in [0, 0.1) is 0 Å². The Morgan fingerprint density at radius 3 is 1.88 bits per heavy atom. The van der Waals surface area contributed by atoms with Gasteiger partial charge in [0, 0.05) is 18.9 Å². The maximum Gasteiger partial charge on any atom is 0.0900 e. The second-order valence-corrected chi connectivity index (χ2v) is 8.09. The molecule has 4 aromatic rings. The van der Waals surface area contributed by atoms with Crippen molar-refractivity contribution in [3.05, 3.63) is 90.8 Å². The van der Waals surface area contributed by atoms with Crippen molar-refractivity contribution >= 4 is 0 Å². The van der Waals surface area contributed by atoms with Crippen LogP contribution in [-0.2, 0) is 6.54 Å². The Bertz CT molecular complexity index is 1050. The Kier molecular flexibility index (Phi) is 7.33. The molecule has 5 heteroatoms. The second kappa shape index (κ2) is 10.8. The molecular formula is C27H29N5. The van der Waals surface area contributed by atoms with Gasteiger partial charge in [0.05, 0.1) is 22.8 Å². The molecule has 0 aliphatic rings. The topological polar surface area (TPSA) is 53.9 Å². The molecule has 0 spiro atoms. The van der Waals surface area contributed by atoms with Crippen LogP contribution in [0.4, 0.5) is 0 Å². The highest BCUT2D eigenvalue weighted by atomic mass is 15.1. The third-order valence-electron chi connectivity index (χ3n) is 5.26. The van der Waals surface area contributed by atoms with E-state index in [1.807, 2.05) is 36.4 Å². The van der Waals surface area contributed by atoms with Gasteiger partial charge in [-0.25, -0.2) is 4.98 Å². The van der Waals surface area contributed by atoms with Gasteiger partial charge in [0.15, 0.2) is 0 Å². The van der Waals surface area contributed by atoms with E-state index < -0.39 is 0 Å². The van der Waals surface area contributed by atoms with Crippen molar-refractivity contribution in [1.82, 2.24) is 25.2 Å². The molecule has 162 valence electrons. The lowest BCUT2D eigenvalue weighted by Crippen LogP contribution is -2.20. The fourth-order valence-corrected chi connectivity index (χ4v) is 3.56. The molecule has 1 aromatic carbocycles. The summed E-state index contributed by atoms with van der Waals surface area (Å²) in [6, 6.07) is 24.7. The first-order valence-corrected chi connectivity index (χ1v) is 11.0. The number of pyridine rings is 3. The smallest absolute Gasteiger partial charge is 0.0900 e. The normalized spacial score (nSPS) is 11.1. The van der Waals surface area contributed by atoms with Gasteiger partial charge in [0.1, 0.15) is 0 Å². The number of hydrogen-bond acceptors (Lipinski definition) is 5. The first kappa shape index (κ1) is 21.8. The maximum absolute atomic E-state index is 4.85. The Labute approximate surface area is 190 Å². The second-order valence-electron chi connectivity index (χ2n) is 8.09. The van der Waals surface area contributed by atoms with Gasteiger partial charge in [0.2, 0.25) is 0 Å². The molecule has 0 saturated carbocycles. The molecule has 0 unspecified atom stereocenters. The summed E-state index contributed by atoms with van der Waals surface area (Å²) >= 11 is 0. The fraction of sp³-hybridized carbons (Fsp3) is 0.222. The Balaban J connectivity index is 1.57. The molecule has 0 aliphatic heterocycles. The summed E-state index contributed by atoms with van der Waals surface area (Å²) in [5, 5.41) is 3.52. The fourth-order valence-electron chi connectivity index (χ4n) is 3.56. The van der Waals surface area contributed by atoms with Gasteiger partial charge in [-0.05, 0) is 86.7 Å². The molecule has 3 aromatic heterocycles. The Morgan fingerprint density at radius 1 is 0.719 bits per heavy atom. The summed E-state index contributed by atoms with van der Waals surface area (Å²) in [5.41, 5.74) is 6.92. The SMILES string of the molecule is CN(C)CCCNCc1ccc(-c2cc(-c3ccccn3)nc(-c3ccccn3)c2)cc1. The van der Waals surface area contributed by atoms with Crippen molar-refractivity contribution in [1.29, 1.82) is 0 Å². The van der Waals surface area contributed by atoms with Crippen molar-refractivity contribution in [2.45, 2.75) is 13.0 Å². The van der Waals surface area contributed by atoms with Crippen LogP contribution in [0.25, 0.3) is 33.9 Å². The average Bonchev–Trinajstić information content (AvgIpc) is 2.85. The lowest BCUT2D eigenvalue weighted by Gasteiger charge is -2.11. The highest BCUT2D eigenvalue weighted by Gasteiger charge is 2.10. The quantitative estimate of drug-likeness (QED) is 0.388. The monoisotopic (exact) mass is 423 g/mol. The molecule has 4 rings (SSSR count). The molecular weight excluding hydrogens is 394 g/mol. The number of benzene rings is 1. The number of hydrogen-bond donors (Lipinski definition) is 1. The van der Waals surface area contributed by atoms with E-state index in [9.17, 15) is 0 Å². The van der Waals surface area contributed by atoms with Gasteiger partial charge >= 0.3 is 0 Å². The summed E-state index contributed by atoms with van der Waals surface area (Å²) in [7, 11) is 4.22. The van der Waals surface area contributed by atoms with E-state index in [1.54, 1.807) is 12.4 Å². The standard InChI is InChI=1S/C27H29N5/c1-32(2)17-7-14-28-20-21-10-12-22(13-11-21)23-18-26(24-8-3-5-15-29-24)31-27(19-23)25-9-4-6-16-30-25/h3-6,8-13,15-16,18-19,28H,7,14,17,20H2,1-2H3. The van der Waals surface area contributed by atoms with Crippen molar-refractivity contribution in [3.8, 4) is 33.9 Å². The number of nitrogens with one attached hydrogen (secondary N) is 1. The van der Waals surface area contributed by atoms with Crippen molar-refractivity contribution in [2.24, 2.45) is 0 Å². The van der Waals surface area contributed by atoms with E-state index >= 15 is 0 Å². The number of rotatable bonds is 9. The van der Waals surface area contributed by atoms with E-state index in [0.29, 0.717) is 0 Å². The first-order valence-electron chi connectivity index (χ1n) is 11.0. The van der Waals surface area contributed by atoms with Crippen LogP contribution in [0.15, 0.2) is 85.2 Å². The Hall–Kier alpha value is -3.41. The zero-order valence-electron chi connectivity index (χ0n) is 18.7. The lowest BCUT2D eigenvalue weighted by atomic mass is 10.0. The molecule has 0 aliphatic carbocycles. The zero-order valence-corrected chi connectivity index (χ0v) is 18.7. The largest absolute Gasteiger partial charge is 0.313 e. The zero-order chi connectivity index (χ0) is 22.2. The van der Waals surface area contributed by atoms with E-state index in [0.717, 1.165) is 60.0 Å². The number of aromatic nitrogens is 3. The van der Waals surface area contributed by atoms with Crippen LogP contribution in [0.5, 0.6) is 0 Å². The third-order valence-corrected chi connectivity index (χ3v) is 5.26. The van der Waals surface area contributed by atoms with Gasteiger partial charge in [-0.2, -0.15) is 0 Å². The molecule has 1 N–H and O–H groups in total. The van der Waals surface area contributed by atoms with E-state index in [1.165, 1.54) is 5.56 Å². The summed E-state index contributed by atoms with van der Waals surface area (Å²) in [6.45, 7) is 3.00. The van der Waals surface area contributed by atoms with Crippen molar-refractivity contribution in [2.75, 3.05) is 27.2 Å². The van der Waals surface area contributed by atoms with E-state index in [4.69, 9.17) is 4.98 Å². The van der Waals surface area contributed by atoms with Crippen LogP contribution in [-0.4, -0.2) is 47.0 Å². The maximum atomic E-state index is 4.85. The lowest BCUT2D eigenvalue weighted by molar-refractivity contribution is 0.394. The summed E-state index contributed by atoms with van der Waals surface area (Å²) < 4.78 is 0. The van der Waals surface area contributed by atoms with Crippen molar-refractivity contribution < 1.29 is 0 Å². The third kappa shape index (κ3) is 5.84. The van der Waals surface area contributed by atoms with Gasteiger partial charge in [-0.15, -0.1) is 0 Å². The molecule has 0 saturated heterocycles. The Morgan fingerprint density at radius 2 is 1.34 bits per heavy atom. The van der Waals surface area contributed by atoms with Crippen molar-refractivity contribution in [3.63, 3.8) is 0 Å². The first-order chi connectivity index (χ1) is 15.7. The van der Waals surface area contributed by atoms with Crippen LogP contribution in [0.3, 0.4) is 0 Å². The molecule has 32 heavy (non-hydrogen) atoms. The highest BCUT2D eigenvalue weighted by Crippen LogP contribution is 2.29. The predicted molar refractivity (Wildman–Crippen MR) is 131 cm³/mol. The van der Waals surface area contributed by atoms with Gasteiger partial charge in [-0.1, -0.05) is 36.4 Å². The minimum Gasteiger partial charge on any atom is -0.313 e. The minimum absolute atomic E-state index is 0.843. The molecule has 0 atom stereocenters. The van der Waals surface area contributed by atoms with E-state index in [2.05, 4.69) is 70.7 Å². The average molecular weight is 424 g/mol. The summed E-state index contributed by atoms with van der Waals surface area (Å²) in [6.07, 6.45) is 4.74. The van der Waals surface area contributed by atoms with Gasteiger partial charge in [0.25, 0.3) is 0 Å². The van der Waals surface area contributed by atoms with E-state index in [-0.39, 0.29) is 0 Å². The van der Waals surface area contributed by atoms with Crippen LogP contribution in [0.2, 0.25) is 0 Å².